The normalized spacial score (nSPS) is 25.0. The average Bonchev–Trinajstić information content (AvgIpc) is 3.14. The van der Waals surface area contributed by atoms with Crippen molar-refractivity contribution in [3.63, 3.8) is 0 Å². The molecule has 3 rings (SSSR count). The summed E-state index contributed by atoms with van der Waals surface area (Å²) in [5.74, 6) is 2.68. The number of piperazine rings is 1. The first kappa shape index (κ1) is 21.5. The van der Waals surface area contributed by atoms with Crippen LogP contribution in [0.25, 0.3) is 0 Å². The fourth-order valence-electron chi connectivity index (χ4n) is 3.96. The number of nitrogens with one attached hydrogen (secondary N) is 1. The van der Waals surface area contributed by atoms with E-state index in [4.69, 9.17) is 9.52 Å². The molecule has 6 nitrogen and oxygen atoms in total. The highest BCUT2D eigenvalue weighted by molar-refractivity contribution is 14.0. The van der Waals surface area contributed by atoms with Crippen LogP contribution >= 0.6 is 24.0 Å². The Hall–Kier alpha value is -0.830. The molecule has 1 aliphatic carbocycles. The summed E-state index contributed by atoms with van der Waals surface area (Å²) in [6.07, 6.45) is 7.14. The largest absolute Gasteiger partial charge is 0.364 e. The number of aromatic nitrogens is 1. The van der Waals surface area contributed by atoms with Gasteiger partial charge in [-0.1, -0.05) is 31.3 Å². The smallest absolute Gasteiger partial charge is 0.194 e. The first-order chi connectivity index (χ1) is 12.3. The fraction of sp³-hybridized carbons (Fsp3) is 0.789. The third-order valence-electron chi connectivity index (χ3n) is 5.65. The molecule has 0 spiro atoms. The van der Waals surface area contributed by atoms with E-state index in [9.17, 15) is 0 Å². The van der Waals surface area contributed by atoms with Crippen molar-refractivity contribution in [2.24, 2.45) is 16.8 Å². The molecule has 1 aromatic heterocycles. The van der Waals surface area contributed by atoms with Crippen molar-refractivity contribution in [1.29, 1.82) is 0 Å². The molecule has 0 bridgehead atoms. The second kappa shape index (κ2) is 11.1. The van der Waals surface area contributed by atoms with Crippen LogP contribution in [0.4, 0.5) is 0 Å². The number of nitrogens with zero attached hydrogens (tertiary/aromatic N) is 4. The molecule has 2 unspecified atom stereocenters. The Morgan fingerprint density at radius 3 is 2.69 bits per heavy atom. The number of halogens is 1. The van der Waals surface area contributed by atoms with Crippen molar-refractivity contribution >= 4 is 29.9 Å². The van der Waals surface area contributed by atoms with Crippen molar-refractivity contribution in [3.8, 4) is 0 Å². The van der Waals surface area contributed by atoms with Crippen LogP contribution in [0.1, 0.15) is 45.2 Å². The monoisotopic (exact) mass is 475 g/mol. The fourth-order valence-corrected chi connectivity index (χ4v) is 3.96. The molecule has 0 radical (unpaired) electrons. The zero-order valence-corrected chi connectivity index (χ0v) is 18.5. The van der Waals surface area contributed by atoms with Gasteiger partial charge in [0.15, 0.2) is 5.96 Å². The quantitative estimate of drug-likeness (QED) is 0.403. The molecule has 2 heterocycles. The summed E-state index contributed by atoms with van der Waals surface area (Å²) in [6.45, 7) is 11.4. The summed E-state index contributed by atoms with van der Waals surface area (Å²) >= 11 is 0. The van der Waals surface area contributed by atoms with E-state index >= 15 is 0 Å². The van der Waals surface area contributed by atoms with Gasteiger partial charge in [0, 0.05) is 51.9 Å². The van der Waals surface area contributed by atoms with Gasteiger partial charge in [0.1, 0.15) is 6.26 Å². The first-order valence-electron chi connectivity index (χ1n) is 9.91. The summed E-state index contributed by atoms with van der Waals surface area (Å²) in [7, 11) is 0. The van der Waals surface area contributed by atoms with Gasteiger partial charge in [-0.2, -0.15) is 0 Å². The van der Waals surface area contributed by atoms with Gasteiger partial charge in [-0.3, -0.25) is 9.89 Å². The second-order valence-electron chi connectivity index (χ2n) is 7.47. The standard InChI is InChI=1S/C19H33N5O.HI/c1-3-20-19(21-14-17-7-5-4-6-16(17)2)24-11-9-23(10-12-24)15-18-8-13-25-22-18;/h8,13,16-17H,3-7,9-12,14-15H2,1-2H3,(H,20,21);1H. The Labute approximate surface area is 174 Å². The lowest BCUT2D eigenvalue weighted by Gasteiger charge is -2.36. The molecule has 1 aliphatic heterocycles. The number of hydrogen-bond donors (Lipinski definition) is 1. The second-order valence-corrected chi connectivity index (χ2v) is 7.47. The minimum atomic E-state index is 0. The van der Waals surface area contributed by atoms with Crippen molar-refractivity contribution in [2.75, 3.05) is 39.3 Å². The van der Waals surface area contributed by atoms with Crippen molar-refractivity contribution in [1.82, 2.24) is 20.3 Å². The summed E-state index contributed by atoms with van der Waals surface area (Å²) in [4.78, 5) is 9.84. The highest BCUT2D eigenvalue weighted by Crippen LogP contribution is 2.29. The number of hydrogen-bond acceptors (Lipinski definition) is 4. The molecular weight excluding hydrogens is 441 g/mol. The van der Waals surface area contributed by atoms with Gasteiger partial charge < -0.3 is 14.7 Å². The lowest BCUT2D eigenvalue weighted by Crippen LogP contribution is -2.52. The maximum atomic E-state index is 5.00. The van der Waals surface area contributed by atoms with Crippen molar-refractivity contribution < 1.29 is 4.52 Å². The van der Waals surface area contributed by atoms with E-state index in [1.807, 2.05) is 6.07 Å². The molecule has 2 atom stereocenters. The Morgan fingerprint density at radius 2 is 2.04 bits per heavy atom. The third-order valence-corrected chi connectivity index (χ3v) is 5.65. The van der Waals surface area contributed by atoms with Gasteiger partial charge in [0.2, 0.25) is 0 Å². The predicted molar refractivity (Wildman–Crippen MR) is 116 cm³/mol. The Kier molecular flexibility index (Phi) is 9.18. The summed E-state index contributed by atoms with van der Waals surface area (Å²) < 4.78 is 4.93. The van der Waals surface area contributed by atoms with Gasteiger partial charge in [-0.15, -0.1) is 24.0 Å². The highest BCUT2D eigenvalue weighted by atomic mass is 127. The lowest BCUT2D eigenvalue weighted by molar-refractivity contribution is 0.168. The first-order valence-corrected chi connectivity index (χ1v) is 9.91. The topological polar surface area (TPSA) is 56.9 Å². The molecule has 1 N–H and O–H groups in total. The maximum Gasteiger partial charge on any atom is 0.194 e. The molecule has 1 aromatic rings. The van der Waals surface area contributed by atoms with E-state index in [1.165, 1.54) is 25.7 Å². The molecule has 2 aliphatic rings. The SMILES string of the molecule is CCNC(=NCC1CCCCC1C)N1CCN(Cc2ccon2)CC1.I. The summed E-state index contributed by atoms with van der Waals surface area (Å²) in [5.41, 5.74) is 1.01. The molecule has 0 aromatic carbocycles. The van der Waals surface area contributed by atoms with Gasteiger partial charge in [0.25, 0.3) is 0 Å². The van der Waals surface area contributed by atoms with E-state index in [0.717, 1.165) is 69.3 Å². The number of rotatable bonds is 5. The van der Waals surface area contributed by atoms with Crippen LogP contribution < -0.4 is 5.32 Å². The zero-order chi connectivity index (χ0) is 17.5. The third kappa shape index (κ3) is 6.11. The predicted octanol–water partition coefficient (Wildman–Crippen LogP) is 3.20. The Morgan fingerprint density at radius 1 is 1.27 bits per heavy atom. The molecule has 0 amide bonds. The molecule has 7 heteroatoms. The maximum absolute atomic E-state index is 5.00. The number of guanidine groups is 1. The van der Waals surface area contributed by atoms with Crippen LogP contribution in [0.2, 0.25) is 0 Å². The summed E-state index contributed by atoms with van der Waals surface area (Å²) in [6, 6.07) is 1.95. The van der Waals surface area contributed by atoms with Crippen LogP contribution in [0, 0.1) is 11.8 Å². The Bertz CT molecular complexity index is 528. The van der Waals surface area contributed by atoms with E-state index in [0.29, 0.717) is 0 Å². The van der Waals surface area contributed by atoms with Gasteiger partial charge >= 0.3 is 0 Å². The van der Waals surface area contributed by atoms with Crippen LogP contribution in [0.3, 0.4) is 0 Å². The minimum Gasteiger partial charge on any atom is -0.364 e. The van der Waals surface area contributed by atoms with Gasteiger partial charge in [-0.05, 0) is 25.2 Å². The van der Waals surface area contributed by atoms with Crippen molar-refractivity contribution in [2.45, 2.75) is 46.1 Å². The van der Waals surface area contributed by atoms with E-state index < -0.39 is 0 Å². The van der Waals surface area contributed by atoms with E-state index in [2.05, 4.69) is 34.1 Å². The minimum absolute atomic E-state index is 0. The average molecular weight is 475 g/mol. The molecule has 148 valence electrons. The molecular formula is C19H34IN5O. The lowest BCUT2D eigenvalue weighted by atomic mass is 9.80. The molecule has 2 fully saturated rings. The summed E-state index contributed by atoms with van der Waals surface area (Å²) in [5, 5.41) is 7.51. The molecule has 1 saturated carbocycles. The molecule has 1 saturated heterocycles. The molecule has 26 heavy (non-hydrogen) atoms. The van der Waals surface area contributed by atoms with E-state index in [1.54, 1.807) is 6.26 Å². The zero-order valence-electron chi connectivity index (χ0n) is 16.2. The van der Waals surface area contributed by atoms with Crippen molar-refractivity contribution in [3.05, 3.63) is 18.0 Å². The highest BCUT2D eigenvalue weighted by Gasteiger charge is 2.23. The number of aliphatic imine (C=N–C) groups is 1. The Balaban J connectivity index is 0.00000243. The van der Waals surface area contributed by atoms with Crippen LogP contribution in [-0.4, -0.2) is 60.2 Å². The van der Waals surface area contributed by atoms with Crippen LogP contribution in [0.15, 0.2) is 21.8 Å². The van der Waals surface area contributed by atoms with E-state index in [-0.39, 0.29) is 24.0 Å². The van der Waals surface area contributed by atoms with Gasteiger partial charge in [-0.25, -0.2) is 0 Å². The van der Waals surface area contributed by atoms with Crippen LogP contribution in [-0.2, 0) is 6.54 Å². The van der Waals surface area contributed by atoms with Gasteiger partial charge in [0.05, 0.1) is 5.69 Å². The van der Waals surface area contributed by atoms with Crippen LogP contribution in [0.5, 0.6) is 0 Å².